The van der Waals surface area contributed by atoms with Crippen molar-refractivity contribution in [3.8, 4) is 10.6 Å². The molecular formula is C10H12N2S2. The second kappa shape index (κ2) is 4.11. The third-order valence-corrected chi connectivity index (χ3v) is 3.68. The van der Waals surface area contributed by atoms with E-state index >= 15 is 0 Å². The normalized spacial score (nSPS) is 10.4. The minimum Gasteiger partial charge on any atom is -0.362 e. The van der Waals surface area contributed by atoms with Gasteiger partial charge in [-0.3, -0.25) is 0 Å². The Kier molecular flexibility index (Phi) is 2.84. The number of thiophene rings is 1. The van der Waals surface area contributed by atoms with E-state index in [2.05, 4.69) is 41.7 Å². The van der Waals surface area contributed by atoms with Gasteiger partial charge >= 0.3 is 0 Å². The third kappa shape index (κ3) is 1.81. The highest BCUT2D eigenvalue weighted by molar-refractivity contribution is 7.17. The van der Waals surface area contributed by atoms with Gasteiger partial charge < -0.3 is 5.32 Å². The SMILES string of the molecule is CCNc1nc(-c2cccs2)c(C)s1. The molecule has 0 saturated heterocycles. The van der Waals surface area contributed by atoms with Gasteiger partial charge in [-0.25, -0.2) is 4.98 Å². The van der Waals surface area contributed by atoms with E-state index in [-0.39, 0.29) is 0 Å². The molecule has 2 aromatic rings. The summed E-state index contributed by atoms with van der Waals surface area (Å²) in [5, 5.41) is 6.35. The molecule has 0 radical (unpaired) electrons. The Hall–Kier alpha value is -0.870. The highest BCUT2D eigenvalue weighted by atomic mass is 32.1. The van der Waals surface area contributed by atoms with Gasteiger partial charge in [-0.2, -0.15) is 0 Å². The summed E-state index contributed by atoms with van der Waals surface area (Å²) < 4.78 is 0. The van der Waals surface area contributed by atoms with Crippen LogP contribution in [0.4, 0.5) is 5.13 Å². The van der Waals surface area contributed by atoms with Crippen LogP contribution in [-0.4, -0.2) is 11.5 Å². The molecule has 0 spiro atoms. The van der Waals surface area contributed by atoms with E-state index in [9.17, 15) is 0 Å². The fourth-order valence-electron chi connectivity index (χ4n) is 1.27. The van der Waals surface area contributed by atoms with Gasteiger partial charge in [-0.1, -0.05) is 6.07 Å². The van der Waals surface area contributed by atoms with Crippen LogP contribution in [0, 0.1) is 6.92 Å². The number of anilines is 1. The first-order valence-electron chi connectivity index (χ1n) is 4.56. The maximum Gasteiger partial charge on any atom is 0.183 e. The van der Waals surface area contributed by atoms with Crippen LogP contribution in [0.25, 0.3) is 10.6 Å². The Morgan fingerprint density at radius 1 is 1.50 bits per heavy atom. The first-order chi connectivity index (χ1) is 6.81. The molecule has 0 fully saturated rings. The average molecular weight is 224 g/mol. The summed E-state index contributed by atoms with van der Waals surface area (Å²) in [5.41, 5.74) is 1.13. The van der Waals surface area contributed by atoms with Crippen molar-refractivity contribution in [2.45, 2.75) is 13.8 Å². The predicted octanol–water partition coefficient (Wildman–Crippen LogP) is 3.61. The largest absolute Gasteiger partial charge is 0.362 e. The van der Waals surface area contributed by atoms with Crippen LogP contribution in [0.15, 0.2) is 17.5 Å². The van der Waals surface area contributed by atoms with Crippen LogP contribution in [0.3, 0.4) is 0 Å². The van der Waals surface area contributed by atoms with Crippen LogP contribution in [-0.2, 0) is 0 Å². The lowest BCUT2D eigenvalue weighted by atomic mass is 10.3. The summed E-state index contributed by atoms with van der Waals surface area (Å²) in [6, 6.07) is 4.17. The number of aromatic nitrogens is 1. The van der Waals surface area contributed by atoms with Crippen LogP contribution >= 0.6 is 22.7 Å². The zero-order chi connectivity index (χ0) is 9.97. The predicted molar refractivity (Wildman–Crippen MR) is 64.3 cm³/mol. The number of nitrogens with zero attached hydrogens (tertiary/aromatic N) is 1. The molecule has 74 valence electrons. The van der Waals surface area contributed by atoms with Gasteiger partial charge in [0.05, 0.1) is 10.6 Å². The van der Waals surface area contributed by atoms with E-state index in [1.807, 2.05) is 0 Å². The van der Waals surface area contributed by atoms with Crippen molar-refractivity contribution in [1.29, 1.82) is 0 Å². The van der Waals surface area contributed by atoms with E-state index in [4.69, 9.17) is 0 Å². The quantitative estimate of drug-likeness (QED) is 0.861. The topological polar surface area (TPSA) is 24.9 Å². The average Bonchev–Trinajstić information content (AvgIpc) is 2.74. The van der Waals surface area contributed by atoms with E-state index in [0.717, 1.165) is 17.4 Å². The van der Waals surface area contributed by atoms with Crippen molar-refractivity contribution >= 4 is 27.8 Å². The van der Waals surface area contributed by atoms with Crippen LogP contribution in [0.1, 0.15) is 11.8 Å². The summed E-state index contributed by atoms with van der Waals surface area (Å²) in [4.78, 5) is 7.09. The molecule has 2 heterocycles. The van der Waals surface area contributed by atoms with Crippen LogP contribution in [0.5, 0.6) is 0 Å². The number of hydrogen-bond acceptors (Lipinski definition) is 4. The Balaban J connectivity index is 2.35. The number of aryl methyl sites for hydroxylation is 1. The van der Waals surface area contributed by atoms with Crippen LogP contribution in [0.2, 0.25) is 0 Å². The maximum absolute atomic E-state index is 4.56. The molecular weight excluding hydrogens is 212 g/mol. The molecule has 0 saturated carbocycles. The van der Waals surface area contributed by atoms with Gasteiger partial charge in [0.1, 0.15) is 0 Å². The summed E-state index contributed by atoms with van der Waals surface area (Å²) in [6.07, 6.45) is 0. The fourth-order valence-corrected chi connectivity index (χ4v) is 3.00. The Morgan fingerprint density at radius 2 is 2.36 bits per heavy atom. The highest BCUT2D eigenvalue weighted by Crippen LogP contribution is 2.32. The Labute approximate surface area is 91.6 Å². The summed E-state index contributed by atoms with van der Waals surface area (Å²) in [7, 11) is 0. The minimum atomic E-state index is 0.927. The molecule has 0 amide bonds. The lowest BCUT2D eigenvalue weighted by Crippen LogP contribution is -1.94. The lowest BCUT2D eigenvalue weighted by molar-refractivity contribution is 1.19. The van der Waals surface area contributed by atoms with Crippen molar-refractivity contribution in [3.05, 3.63) is 22.4 Å². The standard InChI is InChI=1S/C10H12N2S2/c1-3-11-10-12-9(7(2)14-10)8-5-4-6-13-8/h4-6H,3H2,1-2H3,(H,11,12). The van der Waals surface area contributed by atoms with Crippen molar-refractivity contribution < 1.29 is 0 Å². The van der Waals surface area contributed by atoms with Crippen molar-refractivity contribution in [1.82, 2.24) is 4.98 Å². The summed E-state index contributed by atoms with van der Waals surface area (Å²) >= 11 is 3.46. The first-order valence-corrected chi connectivity index (χ1v) is 6.26. The van der Waals surface area contributed by atoms with Gasteiger partial charge in [0.2, 0.25) is 0 Å². The number of nitrogens with one attached hydrogen (secondary N) is 1. The Bertz CT molecular complexity index is 404. The maximum atomic E-state index is 4.56. The van der Waals surface area contributed by atoms with Gasteiger partial charge in [0.25, 0.3) is 0 Å². The smallest absolute Gasteiger partial charge is 0.183 e. The van der Waals surface area contributed by atoms with Crippen molar-refractivity contribution in [2.24, 2.45) is 0 Å². The number of hydrogen-bond donors (Lipinski definition) is 1. The van der Waals surface area contributed by atoms with E-state index in [1.54, 1.807) is 22.7 Å². The van der Waals surface area contributed by atoms with Crippen molar-refractivity contribution in [3.63, 3.8) is 0 Å². The molecule has 0 aliphatic heterocycles. The summed E-state index contributed by atoms with van der Waals surface area (Å²) in [5.74, 6) is 0. The van der Waals surface area contributed by atoms with E-state index < -0.39 is 0 Å². The monoisotopic (exact) mass is 224 g/mol. The zero-order valence-electron chi connectivity index (χ0n) is 8.20. The zero-order valence-corrected chi connectivity index (χ0v) is 9.84. The molecule has 0 atom stereocenters. The van der Waals surface area contributed by atoms with Gasteiger partial charge in [-0.15, -0.1) is 22.7 Å². The minimum absolute atomic E-state index is 0.927. The number of rotatable bonds is 3. The molecule has 2 nitrogen and oxygen atoms in total. The second-order valence-electron chi connectivity index (χ2n) is 2.93. The lowest BCUT2D eigenvalue weighted by Gasteiger charge is -1.93. The molecule has 0 aliphatic rings. The fraction of sp³-hybridized carbons (Fsp3) is 0.300. The molecule has 0 unspecified atom stereocenters. The molecule has 4 heteroatoms. The third-order valence-electron chi connectivity index (χ3n) is 1.88. The second-order valence-corrected chi connectivity index (χ2v) is 5.08. The van der Waals surface area contributed by atoms with Gasteiger partial charge in [-0.05, 0) is 25.3 Å². The Morgan fingerprint density at radius 3 is 3.00 bits per heavy atom. The molecule has 14 heavy (non-hydrogen) atoms. The molecule has 2 aromatic heterocycles. The molecule has 2 rings (SSSR count). The molecule has 0 aliphatic carbocycles. The molecule has 0 bridgehead atoms. The summed E-state index contributed by atoms with van der Waals surface area (Å²) in [6.45, 7) is 5.13. The van der Waals surface area contributed by atoms with Crippen LogP contribution < -0.4 is 5.32 Å². The first kappa shape index (κ1) is 9.68. The van der Waals surface area contributed by atoms with Crippen molar-refractivity contribution in [2.75, 3.05) is 11.9 Å². The van der Waals surface area contributed by atoms with E-state index in [0.29, 0.717) is 0 Å². The number of thiazole rings is 1. The van der Waals surface area contributed by atoms with Gasteiger partial charge in [0, 0.05) is 11.4 Å². The molecule has 0 aromatic carbocycles. The highest BCUT2D eigenvalue weighted by Gasteiger charge is 2.09. The molecule has 1 N–H and O–H groups in total. The van der Waals surface area contributed by atoms with Gasteiger partial charge in [0.15, 0.2) is 5.13 Å². The van der Waals surface area contributed by atoms with E-state index in [1.165, 1.54) is 9.75 Å².